The number of fused-ring (bicyclic) bond motifs is 1. The van der Waals surface area contributed by atoms with Gasteiger partial charge in [-0.05, 0) is 36.5 Å². The topological polar surface area (TPSA) is 40.5 Å². The van der Waals surface area contributed by atoms with E-state index in [1.807, 2.05) is 17.0 Å². The van der Waals surface area contributed by atoms with Gasteiger partial charge in [0.15, 0.2) is 0 Å². The number of likely N-dealkylation sites (tertiary alicyclic amines) is 1. The molecule has 1 N–H and O–H groups in total. The third-order valence-electron chi connectivity index (χ3n) is 3.61. The molecular formula is C13H15NO2. The molecule has 2 fully saturated rings. The summed E-state index contributed by atoms with van der Waals surface area (Å²) in [6.45, 7) is 1.78. The Morgan fingerprint density at radius 3 is 2.69 bits per heavy atom. The zero-order valence-electron chi connectivity index (χ0n) is 9.10. The van der Waals surface area contributed by atoms with E-state index < -0.39 is 0 Å². The van der Waals surface area contributed by atoms with Gasteiger partial charge in [-0.15, -0.1) is 0 Å². The molecule has 0 bridgehead atoms. The molecule has 3 rings (SSSR count). The van der Waals surface area contributed by atoms with Gasteiger partial charge in [0.1, 0.15) is 5.75 Å². The number of nitrogens with zero attached hydrogens (tertiary/aromatic N) is 1. The zero-order chi connectivity index (χ0) is 11.1. The molecule has 1 aromatic rings. The van der Waals surface area contributed by atoms with Gasteiger partial charge in [-0.3, -0.25) is 4.79 Å². The molecule has 16 heavy (non-hydrogen) atoms. The molecule has 1 aromatic carbocycles. The molecule has 84 valence electrons. The monoisotopic (exact) mass is 217 g/mol. The SMILES string of the molecule is O=C1C2CC2CN1CCc1ccc(O)cc1. The average molecular weight is 217 g/mol. The Morgan fingerprint density at radius 1 is 1.31 bits per heavy atom. The Hall–Kier alpha value is -1.51. The van der Waals surface area contributed by atoms with Crippen molar-refractivity contribution in [3.63, 3.8) is 0 Å². The smallest absolute Gasteiger partial charge is 0.226 e. The first kappa shape index (κ1) is 9.70. The van der Waals surface area contributed by atoms with Crippen LogP contribution in [0.5, 0.6) is 5.75 Å². The molecule has 0 radical (unpaired) electrons. The van der Waals surface area contributed by atoms with E-state index in [-0.39, 0.29) is 0 Å². The van der Waals surface area contributed by atoms with E-state index >= 15 is 0 Å². The lowest BCUT2D eigenvalue weighted by atomic mass is 10.1. The number of phenols is 1. The third-order valence-corrected chi connectivity index (χ3v) is 3.61. The number of carbonyl (C=O) groups is 1. The van der Waals surface area contributed by atoms with Gasteiger partial charge in [0.25, 0.3) is 0 Å². The quantitative estimate of drug-likeness (QED) is 0.831. The molecule has 1 heterocycles. The summed E-state index contributed by atoms with van der Waals surface area (Å²) in [6.07, 6.45) is 2.00. The number of aromatic hydroxyl groups is 1. The Bertz CT molecular complexity index is 412. The highest BCUT2D eigenvalue weighted by molar-refractivity contribution is 5.84. The fourth-order valence-corrected chi connectivity index (χ4v) is 2.49. The van der Waals surface area contributed by atoms with Crippen molar-refractivity contribution in [3.8, 4) is 5.75 Å². The predicted molar refractivity (Wildman–Crippen MR) is 60.0 cm³/mol. The number of hydrogen-bond donors (Lipinski definition) is 1. The fraction of sp³-hybridized carbons (Fsp3) is 0.462. The van der Waals surface area contributed by atoms with Crippen LogP contribution in [-0.4, -0.2) is 29.0 Å². The van der Waals surface area contributed by atoms with Crippen LogP contribution in [0.3, 0.4) is 0 Å². The van der Waals surface area contributed by atoms with Crippen molar-refractivity contribution in [2.45, 2.75) is 12.8 Å². The highest BCUT2D eigenvalue weighted by Crippen LogP contribution is 2.45. The van der Waals surface area contributed by atoms with Crippen molar-refractivity contribution < 1.29 is 9.90 Å². The number of phenolic OH excluding ortho intramolecular Hbond substituents is 1. The van der Waals surface area contributed by atoms with Crippen LogP contribution in [-0.2, 0) is 11.2 Å². The summed E-state index contributed by atoms with van der Waals surface area (Å²) < 4.78 is 0. The second-order valence-electron chi connectivity index (χ2n) is 4.80. The average Bonchev–Trinajstić information content (AvgIpc) is 2.99. The molecule has 0 aromatic heterocycles. The maximum absolute atomic E-state index is 11.7. The maximum Gasteiger partial charge on any atom is 0.226 e. The summed E-state index contributed by atoms with van der Waals surface area (Å²) in [5.74, 6) is 1.66. The lowest BCUT2D eigenvalue weighted by Gasteiger charge is -2.17. The van der Waals surface area contributed by atoms with E-state index in [4.69, 9.17) is 5.11 Å². The lowest BCUT2D eigenvalue weighted by molar-refractivity contribution is -0.129. The summed E-state index contributed by atoms with van der Waals surface area (Å²) in [6, 6.07) is 7.21. The van der Waals surface area contributed by atoms with Gasteiger partial charge in [-0.25, -0.2) is 0 Å². The minimum atomic E-state index is 0.294. The number of piperidine rings is 1. The maximum atomic E-state index is 11.7. The molecule has 0 spiro atoms. The number of rotatable bonds is 3. The third kappa shape index (κ3) is 1.66. The van der Waals surface area contributed by atoms with Crippen molar-refractivity contribution in [2.75, 3.05) is 13.1 Å². The Labute approximate surface area is 94.7 Å². The summed E-state index contributed by atoms with van der Waals surface area (Å²) in [5, 5.41) is 9.15. The first-order chi connectivity index (χ1) is 7.74. The molecule has 1 saturated carbocycles. The van der Waals surface area contributed by atoms with E-state index in [1.54, 1.807) is 12.1 Å². The van der Waals surface area contributed by atoms with Gasteiger partial charge >= 0.3 is 0 Å². The molecule has 3 nitrogen and oxygen atoms in total. The largest absolute Gasteiger partial charge is 0.508 e. The summed E-state index contributed by atoms with van der Waals surface area (Å²) in [7, 11) is 0. The van der Waals surface area contributed by atoms with E-state index in [2.05, 4.69) is 0 Å². The summed E-state index contributed by atoms with van der Waals surface area (Å²) >= 11 is 0. The van der Waals surface area contributed by atoms with Crippen molar-refractivity contribution in [2.24, 2.45) is 11.8 Å². The standard InChI is InChI=1S/C13H15NO2/c15-11-3-1-9(2-4-11)5-6-14-8-10-7-12(10)13(14)16/h1-4,10,12,15H,5-8H2. The zero-order valence-corrected chi connectivity index (χ0v) is 9.10. The van der Waals surface area contributed by atoms with Gasteiger partial charge < -0.3 is 10.0 Å². The van der Waals surface area contributed by atoms with Crippen LogP contribution in [0.25, 0.3) is 0 Å². The van der Waals surface area contributed by atoms with Crippen molar-refractivity contribution >= 4 is 5.91 Å². The number of hydrogen-bond acceptors (Lipinski definition) is 2. The van der Waals surface area contributed by atoms with Crippen LogP contribution in [0.15, 0.2) is 24.3 Å². The molecule has 1 aliphatic heterocycles. The van der Waals surface area contributed by atoms with E-state index in [0.717, 1.165) is 25.9 Å². The van der Waals surface area contributed by atoms with Gasteiger partial charge in [0, 0.05) is 19.0 Å². The second-order valence-corrected chi connectivity index (χ2v) is 4.80. The Balaban J connectivity index is 1.57. The fourth-order valence-electron chi connectivity index (χ4n) is 2.49. The first-order valence-electron chi connectivity index (χ1n) is 5.81. The van der Waals surface area contributed by atoms with Gasteiger partial charge in [-0.1, -0.05) is 12.1 Å². The summed E-state index contributed by atoms with van der Waals surface area (Å²) in [5.41, 5.74) is 1.17. The van der Waals surface area contributed by atoms with Crippen LogP contribution in [0.4, 0.5) is 0 Å². The van der Waals surface area contributed by atoms with E-state index in [1.165, 1.54) is 5.56 Å². The normalized spacial score (nSPS) is 27.0. The minimum Gasteiger partial charge on any atom is -0.508 e. The summed E-state index contributed by atoms with van der Waals surface area (Å²) in [4.78, 5) is 13.7. The van der Waals surface area contributed by atoms with Gasteiger partial charge in [-0.2, -0.15) is 0 Å². The van der Waals surface area contributed by atoms with Crippen molar-refractivity contribution in [1.82, 2.24) is 4.90 Å². The molecular weight excluding hydrogens is 202 g/mol. The van der Waals surface area contributed by atoms with Crippen molar-refractivity contribution in [3.05, 3.63) is 29.8 Å². The second kappa shape index (κ2) is 3.51. The highest BCUT2D eigenvalue weighted by Gasteiger charge is 2.51. The molecule has 2 aliphatic rings. The van der Waals surface area contributed by atoms with Crippen LogP contribution in [0, 0.1) is 11.8 Å². The van der Waals surface area contributed by atoms with Gasteiger partial charge in [0.2, 0.25) is 5.91 Å². The Kier molecular flexibility index (Phi) is 2.13. The molecule has 1 saturated heterocycles. The van der Waals surface area contributed by atoms with Crippen molar-refractivity contribution in [1.29, 1.82) is 0 Å². The number of amides is 1. The Morgan fingerprint density at radius 2 is 2.06 bits per heavy atom. The number of benzene rings is 1. The predicted octanol–water partition coefficient (Wildman–Crippen LogP) is 1.41. The van der Waals surface area contributed by atoms with Crippen LogP contribution in [0.1, 0.15) is 12.0 Å². The van der Waals surface area contributed by atoms with Crippen LogP contribution >= 0.6 is 0 Å². The lowest BCUT2D eigenvalue weighted by Crippen LogP contribution is -2.30. The molecule has 1 aliphatic carbocycles. The molecule has 1 amide bonds. The minimum absolute atomic E-state index is 0.294. The van der Waals surface area contributed by atoms with E-state index in [9.17, 15) is 4.79 Å². The van der Waals surface area contributed by atoms with Gasteiger partial charge in [0.05, 0.1) is 0 Å². The number of carbonyl (C=O) groups excluding carboxylic acids is 1. The van der Waals surface area contributed by atoms with E-state index in [0.29, 0.717) is 23.5 Å². The highest BCUT2D eigenvalue weighted by atomic mass is 16.3. The molecule has 2 atom stereocenters. The van der Waals surface area contributed by atoms with Crippen LogP contribution in [0.2, 0.25) is 0 Å². The van der Waals surface area contributed by atoms with Crippen LogP contribution < -0.4 is 0 Å². The molecule has 2 unspecified atom stereocenters. The molecule has 3 heteroatoms. The first-order valence-corrected chi connectivity index (χ1v) is 5.81.